The van der Waals surface area contributed by atoms with E-state index in [9.17, 15) is 19.8 Å². The maximum Gasteiger partial charge on any atom is 0.150 e. The lowest BCUT2D eigenvalue weighted by molar-refractivity contribution is 0.111. The van der Waals surface area contributed by atoms with Gasteiger partial charge in [0.25, 0.3) is 0 Å². The highest BCUT2D eigenvalue weighted by Crippen LogP contribution is 2.51. The van der Waals surface area contributed by atoms with E-state index in [2.05, 4.69) is 0 Å². The van der Waals surface area contributed by atoms with Gasteiger partial charge in [0.2, 0.25) is 0 Å². The molecule has 6 rings (SSSR count). The number of carbonyl (C=O) groups excluding carboxylic acids is 2. The molecule has 0 fully saturated rings. The van der Waals surface area contributed by atoms with E-state index in [1.165, 1.54) is 0 Å². The molecular weight excluding hydrogens is 472 g/mol. The molecule has 0 atom stereocenters. The number of fused-ring (bicyclic) bond motifs is 2. The highest BCUT2D eigenvalue weighted by molar-refractivity contribution is 6.14. The Morgan fingerprint density at radius 3 is 1.32 bits per heavy atom. The monoisotopic (exact) mass is 494 g/mol. The number of hydrogen-bond donors (Lipinski definition) is 2. The molecule has 0 aliphatic rings. The molecule has 0 bridgehead atoms. The summed E-state index contributed by atoms with van der Waals surface area (Å²) < 4.78 is 0. The zero-order valence-corrected chi connectivity index (χ0v) is 20.3. The van der Waals surface area contributed by atoms with Crippen LogP contribution in [0.3, 0.4) is 0 Å². The van der Waals surface area contributed by atoms with Crippen LogP contribution in [0.4, 0.5) is 0 Å². The molecule has 0 amide bonds. The summed E-state index contributed by atoms with van der Waals surface area (Å²) in [6.07, 6.45) is 1.55. The number of carbonyl (C=O) groups is 2. The Hall–Kier alpha value is -5.22. The minimum atomic E-state index is 0.00555. The van der Waals surface area contributed by atoms with E-state index in [0.29, 0.717) is 44.5 Å². The van der Waals surface area contributed by atoms with Crippen LogP contribution < -0.4 is 0 Å². The number of aromatic hydroxyl groups is 2. The quantitative estimate of drug-likeness (QED) is 0.238. The van der Waals surface area contributed by atoms with Crippen molar-refractivity contribution in [1.82, 2.24) is 0 Å². The number of hydrogen-bond acceptors (Lipinski definition) is 4. The number of benzene rings is 6. The van der Waals surface area contributed by atoms with E-state index in [1.54, 1.807) is 36.4 Å². The van der Waals surface area contributed by atoms with Gasteiger partial charge in [0.1, 0.15) is 24.1 Å². The molecule has 0 unspecified atom stereocenters. The molecule has 0 aliphatic carbocycles. The van der Waals surface area contributed by atoms with Gasteiger partial charge in [0, 0.05) is 33.4 Å². The molecule has 0 saturated carbocycles. The van der Waals surface area contributed by atoms with Gasteiger partial charge in [0.15, 0.2) is 0 Å². The van der Waals surface area contributed by atoms with E-state index in [1.807, 2.05) is 72.8 Å². The molecule has 6 aromatic rings. The van der Waals surface area contributed by atoms with Gasteiger partial charge in [-0.25, -0.2) is 0 Å². The molecule has 6 aromatic carbocycles. The first-order chi connectivity index (χ1) is 18.6. The first-order valence-electron chi connectivity index (χ1n) is 12.2. The summed E-state index contributed by atoms with van der Waals surface area (Å²) in [5.74, 6) is 0.0111. The van der Waals surface area contributed by atoms with Crippen LogP contribution >= 0.6 is 0 Å². The first kappa shape index (κ1) is 23.2. The van der Waals surface area contributed by atoms with Crippen molar-refractivity contribution in [3.05, 3.63) is 120 Å². The number of phenolic OH excluding ortho intramolecular Hbond substituents is 2. The van der Waals surface area contributed by atoms with Crippen molar-refractivity contribution in [2.45, 2.75) is 0 Å². The Morgan fingerprint density at radius 1 is 0.474 bits per heavy atom. The molecule has 0 spiro atoms. The second kappa shape index (κ2) is 9.34. The van der Waals surface area contributed by atoms with Gasteiger partial charge >= 0.3 is 0 Å². The minimum Gasteiger partial charge on any atom is -0.507 e. The van der Waals surface area contributed by atoms with Crippen molar-refractivity contribution < 1.29 is 19.8 Å². The van der Waals surface area contributed by atoms with Crippen LogP contribution in [0.25, 0.3) is 54.9 Å². The third kappa shape index (κ3) is 3.80. The smallest absolute Gasteiger partial charge is 0.150 e. The summed E-state index contributed by atoms with van der Waals surface area (Å²) in [6, 6.07) is 33.4. The summed E-state index contributed by atoms with van der Waals surface area (Å²) in [5.41, 5.74) is 4.49. The van der Waals surface area contributed by atoms with E-state index in [-0.39, 0.29) is 11.5 Å². The molecule has 182 valence electrons. The molecule has 0 saturated heterocycles. The molecule has 2 N–H and O–H groups in total. The fourth-order valence-corrected chi connectivity index (χ4v) is 5.18. The summed E-state index contributed by atoms with van der Waals surface area (Å²) >= 11 is 0. The summed E-state index contributed by atoms with van der Waals surface area (Å²) in [7, 11) is 0. The van der Waals surface area contributed by atoms with Gasteiger partial charge in [-0.05, 0) is 56.9 Å². The Morgan fingerprint density at radius 2 is 0.895 bits per heavy atom. The van der Waals surface area contributed by atoms with Crippen molar-refractivity contribution in [1.29, 1.82) is 0 Å². The van der Waals surface area contributed by atoms with Crippen molar-refractivity contribution in [3.63, 3.8) is 0 Å². The molecule has 0 heterocycles. The average molecular weight is 495 g/mol. The van der Waals surface area contributed by atoms with Crippen molar-refractivity contribution in [2.24, 2.45) is 0 Å². The zero-order valence-electron chi connectivity index (χ0n) is 20.3. The van der Waals surface area contributed by atoms with E-state index in [4.69, 9.17) is 0 Å². The maximum absolute atomic E-state index is 11.8. The van der Waals surface area contributed by atoms with E-state index < -0.39 is 0 Å². The predicted molar refractivity (Wildman–Crippen MR) is 152 cm³/mol. The van der Waals surface area contributed by atoms with Crippen LogP contribution in [0.15, 0.2) is 109 Å². The zero-order chi connectivity index (χ0) is 26.2. The van der Waals surface area contributed by atoms with Gasteiger partial charge < -0.3 is 10.2 Å². The lowest BCUT2D eigenvalue weighted by Crippen LogP contribution is -1.93. The van der Waals surface area contributed by atoms with Crippen LogP contribution in [0, 0.1) is 0 Å². The van der Waals surface area contributed by atoms with Crippen LogP contribution in [-0.4, -0.2) is 22.8 Å². The normalized spacial score (nSPS) is 11.1. The van der Waals surface area contributed by atoms with Crippen LogP contribution in [-0.2, 0) is 0 Å². The Kier molecular flexibility index (Phi) is 5.70. The van der Waals surface area contributed by atoms with Crippen LogP contribution in [0.2, 0.25) is 0 Å². The number of rotatable bonds is 5. The fraction of sp³-hybridized carbons (Fsp3) is 0. The molecule has 4 heteroatoms. The largest absolute Gasteiger partial charge is 0.507 e. The molecule has 0 aromatic heterocycles. The second-order valence-electron chi connectivity index (χ2n) is 9.22. The Balaban J connectivity index is 1.75. The topological polar surface area (TPSA) is 74.6 Å². The van der Waals surface area contributed by atoms with Gasteiger partial charge in [-0.3, -0.25) is 9.59 Å². The van der Waals surface area contributed by atoms with Crippen molar-refractivity contribution in [3.8, 4) is 44.9 Å². The van der Waals surface area contributed by atoms with Gasteiger partial charge in [-0.15, -0.1) is 0 Å². The highest BCUT2D eigenvalue weighted by atomic mass is 16.3. The van der Waals surface area contributed by atoms with E-state index in [0.717, 1.165) is 34.1 Å². The van der Waals surface area contributed by atoms with Crippen molar-refractivity contribution in [2.75, 3.05) is 0 Å². The molecule has 0 aliphatic heterocycles. The van der Waals surface area contributed by atoms with Crippen molar-refractivity contribution >= 4 is 34.1 Å². The van der Waals surface area contributed by atoms with Crippen LogP contribution in [0.5, 0.6) is 11.5 Å². The number of phenols is 2. The lowest BCUT2D eigenvalue weighted by Gasteiger charge is -2.19. The summed E-state index contributed by atoms with van der Waals surface area (Å²) in [6.45, 7) is 0. The third-order valence-corrected chi connectivity index (χ3v) is 6.96. The Bertz CT molecular complexity index is 1750. The fourth-order valence-electron chi connectivity index (χ4n) is 5.18. The molecule has 38 heavy (non-hydrogen) atoms. The van der Waals surface area contributed by atoms with Crippen LogP contribution in [0.1, 0.15) is 20.7 Å². The lowest BCUT2D eigenvalue weighted by atomic mass is 9.86. The molecule has 0 radical (unpaired) electrons. The first-order valence-corrected chi connectivity index (χ1v) is 12.2. The Labute approximate surface area is 219 Å². The second-order valence-corrected chi connectivity index (χ2v) is 9.22. The predicted octanol–water partition coefficient (Wildman–Crippen LogP) is 8.03. The summed E-state index contributed by atoms with van der Waals surface area (Å²) in [4.78, 5) is 22.9. The minimum absolute atomic E-state index is 0.00555. The summed E-state index contributed by atoms with van der Waals surface area (Å²) in [5, 5.41) is 27.0. The number of aldehydes is 2. The molecule has 4 nitrogen and oxygen atoms in total. The maximum atomic E-state index is 11.8. The van der Waals surface area contributed by atoms with E-state index >= 15 is 0 Å². The third-order valence-electron chi connectivity index (χ3n) is 6.96. The standard InChI is InChI=1S/C34H22O4/c35-19-21-7-5-11-23(15-21)29-17-25-9-1-3-13-27(25)31(33(29)37)32-28-14-4-2-10-26(28)18-30(34(32)38)24-12-6-8-22(16-24)20-36/h1-20,37-38H. The van der Waals surface area contributed by atoms with Gasteiger partial charge in [-0.1, -0.05) is 84.9 Å². The SMILES string of the molecule is O=Cc1cccc(-c2cc3ccccc3c(-c3c(O)c(-c4cccc(C=O)c4)cc4ccccc34)c2O)c1. The molecular formula is C34H22O4. The van der Waals surface area contributed by atoms with Gasteiger partial charge in [0.05, 0.1) is 0 Å². The average Bonchev–Trinajstić information content (AvgIpc) is 2.97. The highest BCUT2D eigenvalue weighted by Gasteiger charge is 2.23. The van der Waals surface area contributed by atoms with Gasteiger partial charge in [-0.2, -0.15) is 0 Å².